The first-order chi connectivity index (χ1) is 36.1. The van der Waals surface area contributed by atoms with Crippen molar-refractivity contribution in [3.8, 4) is 11.3 Å². The second kappa shape index (κ2) is 26.8. The molecule has 0 saturated carbocycles. The molecule has 4 aromatic heterocycles. The van der Waals surface area contributed by atoms with Crippen LogP contribution in [-0.2, 0) is 60.7 Å². The van der Waals surface area contributed by atoms with E-state index in [4.69, 9.17) is 23.2 Å². The Labute approximate surface area is 449 Å². The summed E-state index contributed by atoms with van der Waals surface area (Å²) in [6.07, 6.45) is 3.39. The summed E-state index contributed by atoms with van der Waals surface area (Å²) >= 11 is 12.6. The number of alkyl halides is 4. The molecule has 0 aliphatic heterocycles. The third-order valence-electron chi connectivity index (χ3n) is 11.8. The molecule has 406 valence electrons. The number of nitrogens with one attached hydrogen (secondary N) is 5. The summed E-state index contributed by atoms with van der Waals surface area (Å²) in [5.41, 5.74) is 1.00. The molecule has 2 amide bonds. The fourth-order valence-corrected chi connectivity index (χ4v) is 8.66. The van der Waals surface area contributed by atoms with E-state index in [1.165, 1.54) is 24.4 Å². The molecular weight excluding hydrogens is 1030 g/mol. The van der Waals surface area contributed by atoms with Crippen LogP contribution in [0, 0.1) is 17.8 Å². The van der Waals surface area contributed by atoms with Crippen LogP contribution in [0.25, 0.3) is 11.3 Å². The number of anilines is 2. The first kappa shape index (κ1) is 58.5. The normalized spacial score (nSPS) is 11.9. The first-order valence-corrected chi connectivity index (χ1v) is 25.6. The molecule has 4 heterocycles. The Kier molecular flexibility index (Phi) is 20.7. The second-order valence-electron chi connectivity index (χ2n) is 19.7. The highest BCUT2D eigenvalue weighted by Gasteiger charge is 2.35. The highest BCUT2D eigenvalue weighted by molar-refractivity contribution is 6.29. The van der Waals surface area contributed by atoms with Crippen molar-refractivity contribution in [2.24, 2.45) is 17.8 Å². The van der Waals surface area contributed by atoms with Crippen LogP contribution in [-0.4, -0.2) is 78.5 Å². The number of aromatic nitrogens is 6. The minimum Gasteiger partial charge on any atom is -0.359 e. The van der Waals surface area contributed by atoms with Gasteiger partial charge in [-0.3, -0.25) is 38.2 Å². The van der Waals surface area contributed by atoms with Gasteiger partial charge in [0.05, 0.1) is 31.2 Å². The lowest BCUT2D eigenvalue weighted by atomic mass is 9.97. The average Bonchev–Trinajstić information content (AvgIpc) is 3.38. The van der Waals surface area contributed by atoms with Gasteiger partial charge in [0.2, 0.25) is 11.8 Å². The highest BCUT2D eigenvalue weighted by Crippen LogP contribution is 2.31. The quantitative estimate of drug-likeness (QED) is 0.0310. The number of carbonyl (C=O) groups excluding carboxylic acids is 2. The van der Waals surface area contributed by atoms with Crippen LogP contribution in [0.15, 0.2) is 107 Å². The van der Waals surface area contributed by atoms with Crippen molar-refractivity contribution >= 4 is 46.7 Å². The Morgan fingerprint density at radius 3 is 1.68 bits per heavy atom. The lowest BCUT2D eigenvalue weighted by Crippen LogP contribution is -2.35. The summed E-state index contributed by atoms with van der Waals surface area (Å²) in [7, 11) is 0. The van der Waals surface area contributed by atoms with Gasteiger partial charge in [-0.25, -0.2) is 15.0 Å². The van der Waals surface area contributed by atoms with Crippen molar-refractivity contribution in [3.63, 3.8) is 0 Å². The molecule has 0 saturated heterocycles. The number of carbonyl (C=O) groups is 2. The van der Waals surface area contributed by atoms with Gasteiger partial charge in [0.15, 0.2) is 11.6 Å². The fourth-order valence-electron chi connectivity index (χ4n) is 8.29. The van der Waals surface area contributed by atoms with E-state index in [-0.39, 0.29) is 41.6 Å². The van der Waals surface area contributed by atoms with E-state index in [9.17, 15) is 28.0 Å². The Morgan fingerprint density at radius 2 is 1.13 bits per heavy atom. The summed E-state index contributed by atoms with van der Waals surface area (Å²) in [5, 5.41) is 13.4. The highest BCUT2D eigenvalue weighted by atomic mass is 35.5. The minimum absolute atomic E-state index is 0.0682. The van der Waals surface area contributed by atoms with Crippen LogP contribution in [0.2, 0.25) is 10.3 Å². The van der Waals surface area contributed by atoms with Crippen molar-refractivity contribution in [1.29, 1.82) is 0 Å². The number of nitrogens with zero attached hydrogens (tertiary/aromatic N) is 7. The predicted molar refractivity (Wildman–Crippen MR) is 287 cm³/mol. The molecule has 0 radical (unpaired) electrons. The maximum absolute atomic E-state index is 16.2. The number of hydrogen-bond donors (Lipinski definition) is 5. The average molecular weight is 1090 g/mol. The third-order valence-corrected chi connectivity index (χ3v) is 12.5. The molecule has 0 spiro atoms. The Balaban J connectivity index is 1.13. The van der Waals surface area contributed by atoms with Gasteiger partial charge in [0.25, 0.3) is 11.1 Å². The molecule has 5 N–H and O–H groups in total. The smallest absolute Gasteiger partial charge is 0.306 e. The van der Waals surface area contributed by atoms with Crippen LogP contribution in [0.4, 0.5) is 29.2 Å². The number of rotatable bonds is 27. The van der Waals surface area contributed by atoms with Crippen molar-refractivity contribution in [2.45, 2.75) is 92.7 Å². The second-order valence-corrected chi connectivity index (χ2v) is 20.4. The molecular formula is C54H64Cl2F4N12O4. The topological polar surface area (TPSA) is 193 Å². The number of amides is 2. The maximum atomic E-state index is 16.2. The maximum Gasteiger partial charge on any atom is 0.306 e. The largest absolute Gasteiger partial charge is 0.359 e. The predicted octanol–water partition coefficient (Wildman–Crippen LogP) is 8.46. The van der Waals surface area contributed by atoms with Gasteiger partial charge in [-0.2, -0.15) is 17.6 Å². The number of benzene rings is 2. The first-order valence-electron chi connectivity index (χ1n) is 24.9. The van der Waals surface area contributed by atoms with E-state index in [2.05, 4.69) is 79.1 Å². The minimum atomic E-state index is -3.65. The molecule has 16 nitrogen and oxygen atoms in total. The number of pyridine rings is 2. The Bertz CT molecular complexity index is 3040. The lowest BCUT2D eigenvalue weighted by molar-refractivity contribution is -0.122. The zero-order valence-corrected chi connectivity index (χ0v) is 44.8. The molecule has 0 aliphatic rings. The van der Waals surface area contributed by atoms with Gasteiger partial charge >= 0.3 is 11.8 Å². The molecule has 6 aromatic rings. The Morgan fingerprint density at radius 1 is 0.618 bits per heavy atom. The van der Waals surface area contributed by atoms with Gasteiger partial charge in [-0.05, 0) is 70.8 Å². The lowest BCUT2D eigenvalue weighted by Gasteiger charge is -2.27. The van der Waals surface area contributed by atoms with E-state index >= 15 is 8.78 Å². The molecule has 0 bridgehead atoms. The molecule has 0 unspecified atom stereocenters. The molecule has 6 rings (SSSR count). The fraction of sp³-hybridized carbons (Fsp3) is 0.407. The van der Waals surface area contributed by atoms with Crippen molar-refractivity contribution in [2.75, 3.05) is 43.4 Å². The van der Waals surface area contributed by atoms with Gasteiger partial charge in [0, 0.05) is 51.0 Å². The van der Waals surface area contributed by atoms with E-state index in [1.807, 2.05) is 38.1 Å². The summed E-state index contributed by atoms with van der Waals surface area (Å²) in [6, 6.07) is 21.2. The molecule has 0 fully saturated rings. The number of halogens is 6. The summed E-state index contributed by atoms with van der Waals surface area (Å²) in [4.78, 5) is 71.9. The van der Waals surface area contributed by atoms with Gasteiger partial charge < -0.3 is 26.6 Å². The standard InChI is InChI=1S/C54H64Cl2F4N12O4/c1-34(2)21-61-24-41-38(23-64-48(74)31-72-46(56)25-65-49(51(72)75)67-32-53(57,58)43-18-9-10-20-62-43)15-11-16-40(41)42-17-12-19-44(69-42)54(59,60)33-68-50-52(76)71(45(55)26-66-50)30-47(73)63-22-37-13-7-8-14-39(37)29-70(27-35(3)4)28-36(5)6/h7-20,25-26,34-36,61H,21-24,27-33H2,1-6H3,(H,63,73)(H,64,74)(H,65,67)(H,66,68). The Hall–Kier alpha value is -6.74. The summed E-state index contributed by atoms with van der Waals surface area (Å²) < 4.78 is 63.8. The van der Waals surface area contributed by atoms with Crippen LogP contribution < -0.4 is 37.7 Å². The molecule has 22 heteroatoms. The molecule has 0 aliphatic carbocycles. The zero-order chi connectivity index (χ0) is 55.2. The van der Waals surface area contributed by atoms with Crippen molar-refractivity contribution in [1.82, 2.24) is 49.9 Å². The van der Waals surface area contributed by atoms with E-state index in [0.29, 0.717) is 41.6 Å². The SMILES string of the molecule is CC(C)CNCc1c(CNC(=O)Cn2c(Cl)cnc(NCC(F)(F)c3ccccn3)c2=O)cccc1-c1cccc(C(F)(F)CNc2ncc(Cl)n(CC(=O)NCc3ccccc3CN(CC(C)C)CC(C)C)c2=O)n1. The number of hydrogen-bond acceptors (Lipinski definition) is 12. The van der Waals surface area contributed by atoms with Gasteiger partial charge in [0.1, 0.15) is 34.8 Å². The zero-order valence-electron chi connectivity index (χ0n) is 43.3. The van der Waals surface area contributed by atoms with E-state index in [0.717, 1.165) is 57.9 Å². The van der Waals surface area contributed by atoms with Crippen LogP contribution in [0.5, 0.6) is 0 Å². The summed E-state index contributed by atoms with van der Waals surface area (Å²) in [6.45, 7) is 13.1. The summed E-state index contributed by atoms with van der Waals surface area (Å²) in [5.74, 6) is -7.98. The molecule has 2 aromatic carbocycles. The van der Waals surface area contributed by atoms with Crippen molar-refractivity contribution in [3.05, 3.63) is 162 Å². The van der Waals surface area contributed by atoms with Gasteiger partial charge in [-0.1, -0.05) is 119 Å². The van der Waals surface area contributed by atoms with Gasteiger partial charge in [-0.15, -0.1) is 0 Å². The third kappa shape index (κ3) is 16.4. The van der Waals surface area contributed by atoms with Crippen molar-refractivity contribution < 1.29 is 27.2 Å². The van der Waals surface area contributed by atoms with Crippen LogP contribution in [0.1, 0.15) is 75.2 Å². The monoisotopic (exact) mass is 1090 g/mol. The molecule has 76 heavy (non-hydrogen) atoms. The van der Waals surface area contributed by atoms with Crippen LogP contribution >= 0.6 is 23.2 Å². The van der Waals surface area contributed by atoms with Crippen LogP contribution in [0.3, 0.4) is 0 Å². The van der Waals surface area contributed by atoms with E-state index < -0.39 is 84.0 Å². The molecule has 0 atom stereocenters. The van der Waals surface area contributed by atoms with E-state index in [1.54, 1.807) is 24.3 Å².